The Labute approximate surface area is 91.7 Å². The molecule has 0 aromatic carbocycles. The normalized spacial score (nSPS) is 16.9. The lowest BCUT2D eigenvalue weighted by molar-refractivity contribution is -0.121. The Balaban J connectivity index is 0.000000292. The van der Waals surface area contributed by atoms with Gasteiger partial charge in [-0.2, -0.15) is 3.93 Å². The highest BCUT2D eigenvalue weighted by Crippen LogP contribution is 2.25. The highest BCUT2D eigenvalue weighted by Gasteiger charge is 2.33. The minimum atomic E-state index is -4.64. The van der Waals surface area contributed by atoms with Crippen LogP contribution in [0.5, 0.6) is 0 Å². The van der Waals surface area contributed by atoms with Gasteiger partial charge in [-0.25, -0.2) is 13.8 Å². The number of hydrogen-bond donors (Lipinski definition) is 3. The zero-order chi connectivity index (χ0) is 11.5. The summed E-state index contributed by atoms with van der Waals surface area (Å²) in [5.41, 5.74) is 0. The van der Waals surface area contributed by atoms with Gasteiger partial charge in [-0.3, -0.25) is 4.79 Å². The number of halogens is 2. The van der Waals surface area contributed by atoms with Crippen LogP contribution in [0.2, 0.25) is 0 Å². The summed E-state index contributed by atoms with van der Waals surface area (Å²) in [4.78, 5) is 42.7. The molecule has 0 bridgehead atoms. The number of urea groups is 1. The van der Waals surface area contributed by atoms with Gasteiger partial charge in [0.05, 0.1) is 16.1 Å². The maximum absolute atomic E-state index is 10.6. The summed E-state index contributed by atoms with van der Waals surface area (Å²) < 4.78 is 10.5. The Morgan fingerprint density at radius 2 is 1.71 bits per heavy atom. The molecule has 0 radical (unpaired) electrons. The van der Waals surface area contributed by atoms with Crippen LogP contribution in [-0.4, -0.2) is 41.5 Å². The summed E-state index contributed by atoms with van der Waals surface area (Å²) in [7, 11) is -4.64. The maximum atomic E-state index is 10.6. The van der Waals surface area contributed by atoms with Crippen LogP contribution >= 0.6 is 35.7 Å². The molecular formula is C3H5BrClN2O6P. The van der Waals surface area contributed by atoms with E-state index in [1.807, 2.05) is 0 Å². The molecule has 0 atom stereocenters. The summed E-state index contributed by atoms with van der Waals surface area (Å²) in [5.74, 6) is -0.352. The van der Waals surface area contributed by atoms with Gasteiger partial charge in [0, 0.05) is 11.8 Å². The summed E-state index contributed by atoms with van der Waals surface area (Å²) in [6.45, 7) is -0.0639. The van der Waals surface area contributed by atoms with Crippen molar-refractivity contribution in [1.82, 2.24) is 8.34 Å². The second kappa shape index (κ2) is 5.06. The molecule has 0 unspecified atom stereocenters. The number of hydrogen-bond acceptors (Lipinski definition) is 3. The van der Waals surface area contributed by atoms with E-state index in [0.717, 1.165) is 8.34 Å². The Kier molecular flexibility index (Phi) is 4.99. The van der Waals surface area contributed by atoms with Gasteiger partial charge in [-0.15, -0.1) is 0 Å². The summed E-state index contributed by atoms with van der Waals surface area (Å²) >= 11 is 7.96. The Hall–Kier alpha value is -0.180. The molecular weight excluding hydrogens is 306 g/mol. The minimum Gasteiger partial charge on any atom is -0.303 e. The van der Waals surface area contributed by atoms with E-state index >= 15 is 0 Å². The van der Waals surface area contributed by atoms with Crippen LogP contribution in [0, 0.1) is 0 Å². The molecule has 0 aromatic rings. The van der Waals surface area contributed by atoms with Crippen molar-refractivity contribution in [2.75, 3.05) is 6.54 Å². The third-order valence-electron chi connectivity index (χ3n) is 0.869. The number of carbonyl (C=O) groups is 2. The molecule has 1 aliphatic rings. The highest BCUT2D eigenvalue weighted by atomic mass is 79.9. The van der Waals surface area contributed by atoms with Crippen LogP contribution in [0.25, 0.3) is 0 Å². The average molecular weight is 311 g/mol. The first kappa shape index (κ1) is 13.8. The first-order chi connectivity index (χ1) is 6.13. The molecule has 0 aliphatic carbocycles. The lowest BCUT2D eigenvalue weighted by Crippen LogP contribution is -2.19. The number of phosphoric acid groups is 1. The van der Waals surface area contributed by atoms with E-state index in [-0.39, 0.29) is 12.5 Å². The quantitative estimate of drug-likeness (QED) is 0.323. The van der Waals surface area contributed by atoms with Crippen molar-refractivity contribution in [3.63, 3.8) is 0 Å². The number of nitrogens with zero attached hydrogens (tertiary/aromatic N) is 2. The molecule has 0 saturated carbocycles. The molecule has 1 fully saturated rings. The topological polar surface area (TPSA) is 118 Å². The smallest absolute Gasteiger partial charge is 0.303 e. The molecule has 0 spiro atoms. The van der Waals surface area contributed by atoms with Crippen molar-refractivity contribution < 1.29 is 28.8 Å². The van der Waals surface area contributed by atoms with E-state index in [1.54, 1.807) is 0 Å². The monoisotopic (exact) mass is 310 g/mol. The van der Waals surface area contributed by atoms with Crippen molar-refractivity contribution in [2.24, 2.45) is 0 Å². The van der Waals surface area contributed by atoms with Gasteiger partial charge in [-0.05, 0) is 0 Å². The second-order valence-electron chi connectivity index (χ2n) is 1.99. The van der Waals surface area contributed by atoms with Gasteiger partial charge < -0.3 is 14.7 Å². The number of imide groups is 1. The minimum absolute atomic E-state index is 0.0639. The summed E-state index contributed by atoms with van der Waals surface area (Å²) in [6.07, 6.45) is 0. The molecule has 3 amide bonds. The fourth-order valence-corrected chi connectivity index (χ4v) is 1.02. The van der Waals surface area contributed by atoms with Crippen molar-refractivity contribution in [3.05, 3.63) is 0 Å². The Morgan fingerprint density at radius 1 is 1.36 bits per heavy atom. The molecule has 82 valence electrons. The van der Waals surface area contributed by atoms with E-state index in [0.29, 0.717) is 0 Å². The van der Waals surface area contributed by atoms with Crippen molar-refractivity contribution in [3.8, 4) is 0 Å². The highest BCUT2D eigenvalue weighted by molar-refractivity contribution is 9.08. The number of rotatable bonds is 0. The third-order valence-corrected chi connectivity index (χ3v) is 1.83. The lowest BCUT2D eigenvalue weighted by Gasteiger charge is -2.00. The predicted molar refractivity (Wildman–Crippen MR) is 48.0 cm³/mol. The average Bonchev–Trinajstić information content (AvgIpc) is 2.14. The predicted octanol–water partition coefficient (Wildman–Crippen LogP) is -0.214. The molecule has 0 aromatic heterocycles. The van der Waals surface area contributed by atoms with Crippen molar-refractivity contribution >= 4 is 47.7 Å². The van der Waals surface area contributed by atoms with Gasteiger partial charge in [0.25, 0.3) is 5.91 Å². The van der Waals surface area contributed by atoms with Crippen molar-refractivity contribution in [2.45, 2.75) is 0 Å². The van der Waals surface area contributed by atoms with Crippen LogP contribution in [0.3, 0.4) is 0 Å². The fraction of sp³-hybridized carbons (Fsp3) is 0.333. The second-order valence-corrected chi connectivity index (χ2v) is 4.13. The molecule has 8 nitrogen and oxygen atoms in total. The first-order valence-electron chi connectivity index (χ1n) is 2.87. The molecule has 1 rings (SSSR count). The zero-order valence-electron chi connectivity index (χ0n) is 6.37. The van der Waals surface area contributed by atoms with E-state index in [1.165, 1.54) is 0 Å². The van der Waals surface area contributed by atoms with Gasteiger partial charge in [0.15, 0.2) is 0 Å². The molecule has 1 heterocycles. The van der Waals surface area contributed by atoms with E-state index in [2.05, 4.69) is 16.1 Å². The van der Waals surface area contributed by atoms with Crippen LogP contribution in [0.1, 0.15) is 0 Å². The number of carbonyl (C=O) groups excluding carboxylic acids is 2. The van der Waals surface area contributed by atoms with Gasteiger partial charge in [-0.1, -0.05) is 0 Å². The zero-order valence-corrected chi connectivity index (χ0v) is 9.61. The maximum Gasteiger partial charge on any atom is 0.466 e. The molecule has 1 aliphatic heterocycles. The van der Waals surface area contributed by atoms with Crippen LogP contribution < -0.4 is 0 Å². The Morgan fingerprint density at radius 3 is 1.79 bits per heavy atom. The largest absolute Gasteiger partial charge is 0.466 e. The lowest BCUT2D eigenvalue weighted by atomic mass is 10.7. The number of amides is 3. The third kappa shape index (κ3) is 5.53. The van der Waals surface area contributed by atoms with Gasteiger partial charge in [0.1, 0.15) is 6.54 Å². The standard InChI is InChI=1S/C3H2BrClN2O2.H3O4P/c4-7-2(8)1-6(5)3(7)9;1-5(2,3)4/h1H2;(H3,1,2,3,4). The molecule has 14 heavy (non-hydrogen) atoms. The molecule has 3 N–H and O–H groups in total. The first-order valence-corrected chi connectivity index (χ1v) is 5.48. The van der Waals surface area contributed by atoms with Crippen molar-refractivity contribution in [1.29, 1.82) is 0 Å². The summed E-state index contributed by atoms with van der Waals surface area (Å²) in [6, 6.07) is -0.540. The van der Waals surface area contributed by atoms with Gasteiger partial charge >= 0.3 is 13.9 Å². The van der Waals surface area contributed by atoms with E-state index in [9.17, 15) is 9.59 Å². The van der Waals surface area contributed by atoms with E-state index in [4.69, 9.17) is 31.0 Å². The van der Waals surface area contributed by atoms with Crippen LogP contribution in [-0.2, 0) is 9.36 Å². The van der Waals surface area contributed by atoms with E-state index < -0.39 is 13.9 Å². The Bertz CT molecular complexity index is 285. The molecule has 11 heteroatoms. The molecule has 1 saturated heterocycles. The van der Waals surface area contributed by atoms with Crippen LogP contribution in [0.4, 0.5) is 4.79 Å². The summed E-state index contributed by atoms with van der Waals surface area (Å²) in [5, 5.41) is 0. The van der Waals surface area contributed by atoms with Gasteiger partial charge in [0.2, 0.25) is 0 Å². The SMILES string of the molecule is O=C1CN(Cl)C(=O)N1Br.O=P(O)(O)O. The van der Waals surface area contributed by atoms with Crippen LogP contribution in [0.15, 0.2) is 0 Å². The fourth-order valence-electron chi connectivity index (χ4n) is 0.450.